The fraction of sp³-hybridized carbons (Fsp3) is 0.300. The molecule has 0 aliphatic carbocycles. The standard InChI is InChI=1S/C20H23N3O2/c1-14-3-6-17(7-4-14)25-18-9-11-23(12-10-18)20(24)19-8-5-16(13-22-19)15(2)21/h3-8,13,18H,2,9-12,21H2,1H3. The molecule has 2 heterocycles. The van der Waals surface area contributed by atoms with E-state index < -0.39 is 0 Å². The first-order valence-corrected chi connectivity index (χ1v) is 8.46. The van der Waals surface area contributed by atoms with E-state index in [1.807, 2.05) is 29.2 Å². The third-order valence-corrected chi connectivity index (χ3v) is 4.41. The van der Waals surface area contributed by atoms with E-state index >= 15 is 0 Å². The van der Waals surface area contributed by atoms with Crippen LogP contribution in [0.5, 0.6) is 5.75 Å². The molecule has 25 heavy (non-hydrogen) atoms. The number of aromatic nitrogens is 1. The zero-order valence-electron chi connectivity index (χ0n) is 14.4. The van der Waals surface area contributed by atoms with Crippen molar-refractivity contribution in [1.29, 1.82) is 0 Å². The Hall–Kier alpha value is -2.82. The van der Waals surface area contributed by atoms with Crippen LogP contribution in [0, 0.1) is 6.92 Å². The van der Waals surface area contributed by atoms with Crippen molar-refractivity contribution in [2.45, 2.75) is 25.9 Å². The fourth-order valence-corrected chi connectivity index (χ4v) is 2.86. The maximum absolute atomic E-state index is 12.6. The molecule has 1 aromatic heterocycles. The Bertz CT molecular complexity index is 746. The Morgan fingerprint density at radius 3 is 2.44 bits per heavy atom. The van der Waals surface area contributed by atoms with Gasteiger partial charge >= 0.3 is 0 Å². The van der Waals surface area contributed by atoms with Crippen molar-refractivity contribution in [3.05, 3.63) is 66.0 Å². The third-order valence-electron chi connectivity index (χ3n) is 4.41. The van der Waals surface area contributed by atoms with E-state index in [9.17, 15) is 4.79 Å². The minimum atomic E-state index is -0.0528. The van der Waals surface area contributed by atoms with Crippen LogP contribution in [0.4, 0.5) is 0 Å². The largest absolute Gasteiger partial charge is 0.490 e. The molecular weight excluding hydrogens is 314 g/mol. The number of ether oxygens (including phenoxy) is 1. The van der Waals surface area contributed by atoms with Gasteiger partial charge in [0, 0.05) is 43.4 Å². The second kappa shape index (κ2) is 7.38. The average Bonchev–Trinajstić information content (AvgIpc) is 2.64. The van der Waals surface area contributed by atoms with E-state index in [4.69, 9.17) is 10.5 Å². The van der Waals surface area contributed by atoms with Crippen LogP contribution in [0.2, 0.25) is 0 Å². The predicted octanol–water partition coefficient (Wildman–Crippen LogP) is 3.00. The van der Waals surface area contributed by atoms with E-state index in [2.05, 4.69) is 18.5 Å². The van der Waals surface area contributed by atoms with Gasteiger partial charge in [0.25, 0.3) is 5.91 Å². The summed E-state index contributed by atoms with van der Waals surface area (Å²) in [4.78, 5) is 18.6. The van der Waals surface area contributed by atoms with Gasteiger partial charge in [0.1, 0.15) is 17.5 Å². The molecule has 0 spiro atoms. The van der Waals surface area contributed by atoms with Crippen molar-refractivity contribution < 1.29 is 9.53 Å². The van der Waals surface area contributed by atoms with Crippen LogP contribution in [0.25, 0.3) is 5.70 Å². The summed E-state index contributed by atoms with van der Waals surface area (Å²) in [5.41, 5.74) is 8.45. The number of nitrogens with zero attached hydrogens (tertiary/aromatic N) is 2. The number of carbonyl (C=O) groups is 1. The normalized spacial score (nSPS) is 15.0. The fourth-order valence-electron chi connectivity index (χ4n) is 2.86. The number of pyridine rings is 1. The van der Waals surface area contributed by atoms with E-state index in [0.717, 1.165) is 24.2 Å². The summed E-state index contributed by atoms with van der Waals surface area (Å²) in [6.07, 6.45) is 3.36. The highest BCUT2D eigenvalue weighted by atomic mass is 16.5. The molecule has 2 aromatic rings. The minimum Gasteiger partial charge on any atom is -0.490 e. The van der Waals surface area contributed by atoms with Crippen LogP contribution in [0.1, 0.15) is 34.5 Å². The van der Waals surface area contributed by atoms with Gasteiger partial charge in [0.15, 0.2) is 0 Å². The molecule has 1 saturated heterocycles. The average molecular weight is 337 g/mol. The van der Waals surface area contributed by atoms with Crippen LogP contribution in [0.15, 0.2) is 49.2 Å². The molecule has 130 valence electrons. The third kappa shape index (κ3) is 4.18. The lowest BCUT2D eigenvalue weighted by molar-refractivity contribution is 0.0590. The SMILES string of the molecule is C=C(N)c1ccc(C(=O)N2CCC(Oc3ccc(C)cc3)CC2)nc1. The Balaban J connectivity index is 1.55. The highest BCUT2D eigenvalue weighted by Gasteiger charge is 2.25. The zero-order chi connectivity index (χ0) is 17.8. The summed E-state index contributed by atoms with van der Waals surface area (Å²) in [6, 6.07) is 11.5. The molecule has 1 aliphatic heterocycles. The highest BCUT2D eigenvalue weighted by molar-refractivity contribution is 5.92. The maximum Gasteiger partial charge on any atom is 0.272 e. The zero-order valence-corrected chi connectivity index (χ0v) is 14.4. The molecule has 5 nitrogen and oxygen atoms in total. The van der Waals surface area contributed by atoms with Gasteiger partial charge in [-0.1, -0.05) is 24.3 Å². The van der Waals surface area contributed by atoms with Crippen LogP contribution in [-0.4, -0.2) is 35.0 Å². The van der Waals surface area contributed by atoms with E-state index in [1.54, 1.807) is 18.3 Å². The molecule has 3 rings (SSSR count). The molecule has 0 atom stereocenters. The van der Waals surface area contributed by atoms with Crippen molar-refractivity contribution in [3.8, 4) is 5.75 Å². The molecule has 0 unspecified atom stereocenters. The van der Waals surface area contributed by atoms with Gasteiger partial charge in [0.2, 0.25) is 0 Å². The number of likely N-dealkylation sites (tertiary alicyclic amines) is 1. The first kappa shape index (κ1) is 17.0. The number of amides is 1. The minimum absolute atomic E-state index is 0.0528. The molecule has 1 fully saturated rings. The van der Waals surface area contributed by atoms with Crippen molar-refractivity contribution in [3.63, 3.8) is 0 Å². The Morgan fingerprint density at radius 1 is 1.20 bits per heavy atom. The summed E-state index contributed by atoms with van der Waals surface area (Å²) in [7, 11) is 0. The molecule has 1 aliphatic rings. The number of carbonyl (C=O) groups excluding carboxylic acids is 1. The Labute approximate surface area is 148 Å². The van der Waals surface area contributed by atoms with Crippen molar-refractivity contribution in [2.75, 3.05) is 13.1 Å². The summed E-state index contributed by atoms with van der Waals surface area (Å²) >= 11 is 0. The van der Waals surface area contributed by atoms with Crippen LogP contribution < -0.4 is 10.5 Å². The predicted molar refractivity (Wildman–Crippen MR) is 98.2 cm³/mol. The molecule has 1 aromatic carbocycles. The van der Waals surface area contributed by atoms with Crippen molar-refractivity contribution >= 4 is 11.6 Å². The highest BCUT2D eigenvalue weighted by Crippen LogP contribution is 2.20. The second-order valence-corrected chi connectivity index (χ2v) is 6.38. The lowest BCUT2D eigenvalue weighted by atomic mass is 10.1. The van der Waals surface area contributed by atoms with Gasteiger partial charge in [-0.05, 0) is 31.2 Å². The first-order valence-electron chi connectivity index (χ1n) is 8.46. The van der Waals surface area contributed by atoms with Gasteiger partial charge in [0.05, 0.1) is 0 Å². The summed E-state index contributed by atoms with van der Waals surface area (Å²) in [5, 5.41) is 0. The van der Waals surface area contributed by atoms with E-state index in [0.29, 0.717) is 24.5 Å². The second-order valence-electron chi connectivity index (χ2n) is 6.38. The van der Waals surface area contributed by atoms with Gasteiger partial charge in [-0.3, -0.25) is 9.78 Å². The number of rotatable bonds is 4. The van der Waals surface area contributed by atoms with Crippen LogP contribution in [0.3, 0.4) is 0 Å². The van der Waals surface area contributed by atoms with Gasteiger partial charge < -0.3 is 15.4 Å². The molecule has 0 radical (unpaired) electrons. The molecular formula is C20H23N3O2. The monoisotopic (exact) mass is 337 g/mol. The molecule has 0 saturated carbocycles. The van der Waals surface area contributed by atoms with Crippen LogP contribution >= 0.6 is 0 Å². The number of benzene rings is 1. The maximum atomic E-state index is 12.6. The number of aryl methyl sites for hydroxylation is 1. The Morgan fingerprint density at radius 2 is 1.88 bits per heavy atom. The van der Waals surface area contributed by atoms with Gasteiger partial charge in [-0.15, -0.1) is 0 Å². The molecule has 0 bridgehead atoms. The lowest BCUT2D eigenvalue weighted by Gasteiger charge is -2.32. The smallest absolute Gasteiger partial charge is 0.272 e. The quantitative estimate of drug-likeness (QED) is 0.931. The summed E-state index contributed by atoms with van der Waals surface area (Å²) < 4.78 is 6.01. The van der Waals surface area contributed by atoms with E-state index in [1.165, 1.54) is 5.56 Å². The van der Waals surface area contributed by atoms with Gasteiger partial charge in [-0.25, -0.2) is 0 Å². The number of piperidine rings is 1. The first-order chi connectivity index (χ1) is 12.0. The number of nitrogens with two attached hydrogens (primary N) is 1. The van der Waals surface area contributed by atoms with Crippen molar-refractivity contribution in [1.82, 2.24) is 9.88 Å². The molecule has 1 amide bonds. The number of hydrogen-bond acceptors (Lipinski definition) is 4. The van der Waals surface area contributed by atoms with E-state index in [-0.39, 0.29) is 12.0 Å². The number of hydrogen-bond donors (Lipinski definition) is 1. The molecule has 5 heteroatoms. The summed E-state index contributed by atoms with van der Waals surface area (Å²) in [5.74, 6) is 0.831. The lowest BCUT2D eigenvalue weighted by Crippen LogP contribution is -2.42. The molecule has 2 N–H and O–H groups in total. The van der Waals surface area contributed by atoms with Crippen LogP contribution in [-0.2, 0) is 0 Å². The topological polar surface area (TPSA) is 68.5 Å². The summed E-state index contributed by atoms with van der Waals surface area (Å²) in [6.45, 7) is 7.06. The van der Waals surface area contributed by atoms with Crippen molar-refractivity contribution in [2.24, 2.45) is 5.73 Å². The van der Waals surface area contributed by atoms with Gasteiger partial charge in [-0.2, -0.15) is 0 Å². The Kier molecular flexibility index (Phi) is 5.03.